The molecule has 32 heavy (non-hydrogen) atoms. The standard InChI is InChI=1S/C21H20ClN5O4S/c1-14-3-6-16(22)13-18(14)32(28,29)23-11-12-31-20-10-9-19-24-25-21(27(19)26-20)15-4-7-17(30-2)8-5-15/h3-10,13,23H,11-12H2,1-2H3. The predicted octanol–water partition coefficient (Wildman–Crippen LogP) is 3.12. The normalized spacial score (nSPS) is 11.6. The van der Waals surface area contributed by atoms with E-state index < -0.39 is 10.0 Å². The number of sulfonamides is 1. The topological polar surface area (TPSA) is 108 Å². The van der Waals surface area contributed by atoms with E-state index >= 15 is 0 Å². The molecule has 0 aliphatic rings. The van der Waals surface area contributed by atoms with Gasteiger partial charge in [0.25, 0.3) is 0 Å². The van der Waals surface area contributed by atoms with Gasteiger partial charge in [-0.1, -0.05) is 17.7 Å². The molecule has 0 bridgehead atoms. The third-order valence-electron chi connectivity index (χ3n) is 4.67. The third kappa shape index (κ3) is 4.67. The van der Waals surface area contributed by atoms with Crippen molar-refractivity contribution in [2.24, 2.45) is 0 Å². The van der Waals surface area contributed by atoms with Crippen molar-refractivity contribution in [1.82, 2.24) is 24.5 Å². The summed E-state index contributed by atoms with van der Waals surface area (Å²) in [4.78, 5) is 0.137. The van der Waals surface area contributed by atoms with Crippen LogP contribution >= 0.6 is 11.6 Å². The van der Waals surface area contributed by atoms with Crippen molar-refractivity contribution in [3.05, 3.63) is 65.2 Å². The first-order valence-corrected chi connectivity index (χ1v) is 11.5. The summed E-state index contributed by atoms with van der Waals surface area (Å²) in [6, 6.07) is 15.5. The largest absolute Gasteiger partial charge is 0.497 e. The second kappa shape index (κ2) is 9.11. The number of nitrogens with zero attached hydrogens (tertiary/aromatic N) is 4. The summed E-state index contributed by atoms with van der Waals surface area (Å²) in [6.07, 6.45) is 0. The van der Waals surface area contributed by atoms with Gasteiger partial charge in [-0.15, -0.1) is 15.3 Å². The van der Waals surface area contributed by atoms with Crippen molar-refractivity contribution >= 4 is 27.3 Å². The van der Waals surface area contributed by atoms with Crippen LogP contribution in [-0.2, 0) is 10.0 Å². The van der Waals surface area contributed by atoms with Gasteiger partial charge in [0.15, 0.2) is 11.5 Å². The lowest BCUT2D eigenvalue weighted by molar-refractivity contribution is 0.306. The third-order valence-corrected chi connectivity index (χ3v) is 6.51. The molecule has 11 heteroatoms. The summed E-state index contributed by atoms with van der Waals surface area (Å²) in [5, 5.41) is 13.1. The Morgan fingerprint density at radius 2 is 1.84 bits per heavy atom. The second-order valence-electron chi connectivity index (χ2n) is 6.85. The van der Waals surface area contributed by atoms with E-state index in [9.17, 15) is 8.42 Å². The van der Waals surface area contributed by atoms with Gasteiger partial charge >= 0.3 is 0 Å². The summed E-state index contributed by atoms with van der Waals surface area (Å²) in [5.41, 5.74) is 1.97. The van der Waals surface area contributed by atoms with E-state index in [1.807, 2.05) is 24.3 Å². The quantitative estimate of drug-likeness (QED) is 0.392. The Labute approximate surface area is 190 Å². The number of nitrogens with one attached hydrogen (secondary N) is 1. The number of hydrogen-bond acceptors (Lipinski definition) is 7. The molecule has 4 rings (SSSR count). The molecule has 0 aliphatic carbocycles. The van der Waals surface area contributed by atoms with Crippen LogP contribution in [0.1, 0.15) is 5.56 Å². The first-order chi connectivity index (χ1) is 15.4. The van der Waals surface area contributed by atoms with E-state index in [0.29, 0.717) is 27.9 Å². The molecule has 0 fully saturated rings. The molecular formula is C21H20ClN5O4S. The van der Waals surface area contributed by atoms with Gasteiger partial charge in [-0.2, -0.15) is 4.52 Å². The average molecular weight is 474 g/mol. The number of fused-ring (bicyclic) bond motifs is 1. The van der Waals surface area contributed by atoms with Crippen LogP contribution < -0.4 is 14.2 Å². The Kier molecular flexibility index (Phi) is 6.26. The van der Waals surface area contributed by atoms with E-state index in [0.717, 1.165) is 11.3 Å². The molecule has 0 aliphatic heterocycles. The fraction of sp³-hybridized carbons (Fsp3) is 0.190. The lowest BCUT2D eigenvalue weighted by Gasteiger charge is -2.10. The summed E-state index contributed by atoms with van der Waals surface area (Å²) in [7, 11) is -2.11. The molecule has 0 unspecified atom stereocenters. The Morgan fingerprint density at radius 1 is 1.06 bits per heavy atom. The molecule has 0 saturated carbocycles. The zero-order valence-corrected chi connectivity index (χ0v) is 18.9. The fourth-order valence-electron chi connectivity index (χ4n) is 3.04. The van der Waals surface area contributed by atoms with E-state index in [2.05, 4.69) is 20.0 Å². The van der Waals surface area contributed by atoms with Crippen molar-refractivity contribution in [2.75, 3.05) is 20.3 Å². The van der Waals surface area contributed by atoms with Crippen LogP contribution in [0.15, 0.2) is 59.5 Å². The molecule has 0 spiro atoms. The van der Waals surface area contributed by atoms with Crippen molar-refractivity contribution < 1.29 is 17.9 Å². The van der Waals surface area contributed by atoms with Gasteiger partial charge < -0.3 is 9.47 Å². The number of ether oxygens (including phenoxy) is 2. The molecular weight excluding hydrogens is 454 g/mol. The van der Waals surface area contributed by atoms with Gasteiger partial charge in [-0.25, -0.2) is 13.1 Å². The molecule has 0 atom stereocenters. The highest BCUT2D eigenvalue weighted by molar-refractivity contribution is 7.89. The van der Waals surface area contributed by atoms with Gasteiger partial charge in [0, 0.05) is 23.2 Å². The number of benzene rings is 2. The maximum atomic E-state index is 12.5. The van der Waals surface area contributed by atoms with Crippen LogP contribution in [0, 0.1) is 6.92 Å². The monoisotopic (exact) mass is 473 g/mol. The summed E-state index contributed by atoms with van der Waals surface area (Å²) in [5.74, 6) is 1.59. The number of aromatic nitrogens is 4. The van der Waals surface area contributed by atoms with Gasteiger partial charge in [0.2, 0.25) is 15.9 Å². The smallest absolute Gasteiger partial charge is 0.240 e. The highest BCUT2D eigenvalue weighted by Crippen LogP contribution is 2.22. The van der Waals surface area contributed by atoms with Crippen LogP contribution in [0.3, 0.4) is 0 Å². The molecule has 9 nitrogen and oxygen atoms in total. The van der Waals surface area contributed by atoms with Crippen molar-refractivity contribution in [1.29, 1.82) is 0 Å². The van der Waals surface area contributed by atoms with Gasteiger partial charge in [0.1, 0.15) is 12.4 Å². The van der Waals surface area contributed by atoms with Crippen LogP contribution in [0.5, 0.6) is 11.6 Å². The van der Waals surface area contributed by atoms with E-state index in [4.69, 9.17) is 21.1 Å². The summed E-state index contributed by atoms with van der Waals surface area (Å²) < 4.78 is 40.0. The highest BCUT2D eigenvalue weighted by Gasteiger charge is 2.17. The van der Waals surface area contributed by atoms with E-state index in [1.165, 1.54) is 6.07 Å². The minimum absolute atomic E-state index is 0.0571. The first kappa shape index (κ1) is 22.0. The minimum atomic E-state index is -3.71. The van der Waals surface area contributed by atoms with Gasteiger partial charge in [-0.3, -0.25) is 0 Å². The first-order valence-electron chi connectivity index (χ1n) is 9.63. The lowest BCUT2D eigenvalue weighted by Crippen LogP contribution is -2.29. The number of rotatable bonds is 8. The van der Waals surface area contributed by atoms with Crippen LogP contribution in [0.2, 0.25) is 5.02 Å². The maximum Gasteiger partial charge on any atom is 0.240 e. The Balaban J connectivity index is 1.44. The minimum Gasteiger partial charge on any atom is -0.497 e. The molecule has 2 aromatic heterocycles. The molecule has 2 heterocycles. The number of hydrogen-bond donors (Lipinski definition) is 1. The van der Waals surface area contributed by atoms with Crippen LogP contribution in [0.25, 0.3) is 17.0 Å². The Hall–Kier alpha value is -3.21. The fourth-order valence-corrected chi connectivity index (χ4v) is 4.56. The van der Waals surface area contributed by atoms with Gasteiger partial charge in [-0.05, 0) is 55.0 Å². The molecule has 0 saturated heterocycles. The SMILES string of the molecule is COc1ccc(-c2nnc3ccc(OCCNS(=O)(=O)c4cc(Cl)ccc4C)nn23)cc1. The lowest BCUT2D eigenvalue weighted by atomic mass is 10.2. The average Bonchev–Trinajstić information content (AvgIpc) is 3.21. The zero-order valence-electron chi connectivity index (χ0n) is 17.3. The summed E-state index contributed by atoms with van der Waals surface area (Å²) in [6.45, 7) is 1.85. The van der Waals surface area contributed by atoms with Crippen LogP contribution in [0.4, 0.5) is 0 Å². The van der Waals surface area contributed by atoms with Crippen molar-refractivity contribution in [2.45, 2.75) is 11.8 Å². The molecule has 166 valence electrons. The predicted molar refractivity (Wildman–Crippen MR) is 120 cm³/mol. The van der Waals surface area contributed by atoms with Crippen molar-refractivity contribution in [3.63, 3.8) is 0 Å². The summed E-state index contributed by atoms with van der Waals surface area (Å²) >= 11 is 5.93. The number of aryl methyl sites for hydroxylation is 1. The number of methoxy groups -OCH3 is 1. The zero-order chi connectivity index (χ0) is 22.7. The molecule has 1 N–H and O–H groups in total. The Bertz CT molecular complexity index is 1360. The van der Waals surface area contributed by atoms with E-state index in [-0.39, 0.29) is 18.0 Å². The van der Waals surface area contributed by atoms with Gasteiger partial charge in [0.05, 0.1) is 12.0 Å². The molecule has 4 aromatic rings. The highest BCUT2D eigenvalue weighted by atomic mass is 35.5. The molecule has 0 radical (unpaired) electrons. The Morgan fingerprint density at radius 3 is 2.59 bits per heavy atom. The molecule has 2 aromatic carbocycles. The maximum absolute atomic E-state index is 12.5. The van der Waals surface area contributed by atoms with Crippen molar-refractivity contribution in [3.8, 4) is 23.0 Å². The van der Waals surface area contributed by atoms with E-state index in [1.54, 1.807) is 42.8 Å². The molecule has 0 amide bonds. The van der Waals surface area contributed by atoms with Crippen LogP contribution in [-0.4, -0.2) is 48.5 Å². The number of halogens is 1. The second-order valence-corrected chi connectivity index (χ2v) is 9.02.